The number of para-hydroxylation sites is 1. The summed E-state index contributed by atoms with van der Waals surface area (Å²) in [6.07, 6.45) is 1.31. The quantitative estimate of drug-likeness (QED) is 0.302. The van der Waals surface area contributed by atoms with Crippen LogP contribution in [0.3, 0.4) is 0 Å². The average Bonchev–Trinajstić information content (AvgIpc) is 2.91. The van der Waals surface area contributed by atoms with Gasteiger partial charge in [0.15, 0.2) is 11.3 Å². The van der Waals surface area contributed by atoms with E-state index in [-0.39, 0.29) is 21.6 Å². The maximum Gasteiger partial charge on any atom is 0.354 e. The number of rotatable bonds is 4. The van der Waals surface area contributed by atoms with Crippen molar-refractivity contribution in [3.63, 3.8) is 0 Å². The minimum absolute atomic E-state index is 0.00502. The maximum atomic E-state index is 14.2. The Balaban J connectivity index is 1.70. The second-order valence-corrected chi connectivity index (χ2v) is 10.5. The summed E-state index contributed by atoms with van der Waals surface area (Å²) in [5, 5.41) is 11.4. The number of ether oxygens (including phenoxy) is 1. The highest BCUT2D eigenvalue weighted by molar-refractivity contribution is 7.99. The number of aryl methyl sites for hydroxylation is 3. The number of hydrogen-bond acceptors (Lipinski definition) is 6. The van der Waals surface area contributed by atoms with Gasteiger partial charge in [0.05, 0.1) is 12.8 Å². The summed E-state index contributed by atoms with van der Waals surface area (Å²) in [4.78, 5) is 28.1. The zero-order valence-electron chi connectivity index (χ0n) is 21.2. The van der Waals surface area contributed by atoms with E-state index in [2.05, 4.69) is 19.1 Å². The van der Waals surface area contributed by atoms with Gasteiger partial charge in [0, 0.05) is 21.7 Å². The molecule has 6 rings (SSSR count). The fourth-order valence-corrected chi connectivity index (χ4v) is 6.26. The molecule has 0 unspecified atom stereocenters. The summed E-state index contributed by atoms with van der Waals surface area (Å²) in [7, 11) is 1.56. The van der Waals surface area contributed by atoms with Crippen LogP contribution < -0.4 is 15.9 Å². The van der Waals surface area contributed by atoms with E-state index >= 15 is 0 Å². The number of aromatic hydroxyl groups is 1. The topological polar surface area (TPSA) is 81.7 Å². The maximum absolute atomic E-state index is 14.2. The third-order valence-corrected chi connectivity index (χ3v) is 8.09. The molecule has 7 heteroatoms. The van der Waals surface area contributed by atoms with E-state index in [9.17, 15) is 14.7 Å². The molecule has 1 aliphatic rings. The van der Waals surface area contributed by atoms with E-state index in [4.69, 9.17) is 9.15 Å². The van der Waals surface area contributed by atoms with E-state index in [1.165, 1.54) is 5.56 Å². The monoisotopic (exact) mass is 523 g/mol. The van der Waals surface area contributed by atoms with Gasteiger partial charge in [-0.1, -0.05) is 47.7 Å². The molecule has 1 N–H and O–H groups in total. The Morgan fingerprint density at radius 2 is 1.71 bits per heavy atom. The van der Waals surface area contributed by atoms with E-state index in [1.54, 1.807) is 35.9 Å². The lowest BCUT2D eigenvalue weighted by Gasteiger charge is -2.27. The summed E-state index contributed by atoms with van der Waals surface area (Å²) in [6, 6.07) is 20.7. The highest BCUT2D eigenvalue weighted by atomic mass is 32.2. The molecule has 5 aromatic rings. The smallest absolute Gasteiger partial charge is 0.354 e. The third-order valence-electron chi connectivity index (χ3n) is 7.03. The van der Waals surface area contributed by atoms with Gasteiger partial charge in [-0.05, 0) is 74.2 Å². The van der Waals surface area contributed by atoms with Crippen molar-refractivity contribution in [2.45, 2.75) is 36.5 Å². The average molecular weight is 524 g/mol. The molecule has 3 aromatic carbocycles. The van der Waals surface area contributed by atoms with Gasteiger partial charge in [-0.15, -0.1) is 0 Å². The van der Waals surface area contributed by atoms with Crippen LogP contribution >= 0.6 is 11.8 Å². The lowest BCUT2D eigenvalue weighted by Crippen LogP contribution is -2.26. The number of methoxy groups -OCH3 is 1. The number of hydrogen-bond donors (Lipinski definition) is 1. The first kappa shape index (κ1) is 24.1. The molecule has 2 heterocycles. The van der Waals surface area contributed by atoms with E-state index in [0.29, 0.717) is 28.4 Å². The van der Waals surface area contributed by atoms with Crippen molar-refractivity contribution < 1.29 is 14.3 Å². The van der Waals surface area contributed by atoms with Crippen LogP contribution in [0.1, 0.15) is 22.3 Å². The standard InChI is InChI=1S/C31H25NO5S/c1-17-14-18(2)22-12-13-23-26(24(22)15-17)32(19-8-5-4-6-9-19)30(34)25-27(33)29(31(35)37-28(23)25)38-21-11-7-10-20(16-21)36-3/h4-11,14-16,33H,12-13H2,1-3H3. The number of benzene rings is 3. The molecule has 0 fully saturated rings. The zero-order chi connectivity index (χ0) is 26.6. The lowest BCUT2D eigenvalue weighted by molar-refractivity contribution is 0.413. The SMILES string of the molecule is COc1cccc(Sc2c(O)c3c(=O)n(-c4ccccc4)c4c(c3oc2=O)CCc2c(C)cc(C)cc2-4)c1. The Kier molecular flexibility index (Phi) is 5.88. The number of pyridine rings is 1. The van der Waals surface area contributed by atoms with Crippen molar-refractivity contribution in [1.29, 1.82) is 0 Å². The fourth-order valence-electron chi connectivity index (χ4n) is 5.38. The van der Waals surface area contributed by atoms with Crippen LogP contribution in [0.25, 0.3) is 27.9 Å². The van der Waals surface area contributed by atoms with Crippen molar-refractivity contribution >= 4 is 22.7 Å². The predicted octanol–water partition coefficient (Wildman–Crippen LogP) is 6.19. The van der Waals surface area contributed by atoms with E-state index < -0.39 is 11.2 Å². The van der Waals surface area contributed by atoms with Gasteiger partial charge >= 0.3 is 5.63 Å². The van der Waals surface area contributed by atoms with Gasteiger partial charge in [-0.25, -0.2) is 4.79 Å². The van der Waals surface area contributed by atoms with Crippen molar-refractivity contribution in [2.24, 2.45) is 0 Å². The van der Waals surface area contributed by atoms with Crippen molar-refractivity contribution in [1.82, 2.24) is 4.57 Å². The highest BCUT2D eigenvalue weighted by Gasteiger charge is 2.30. The first-order valence-corrected chi connectivity index (χ1v) is 13.1. The Morgan fingerprint density at radius 1 is 0.947 bits per heavy atom. The molecule has 38 heavy (non-hydrogen) atoms. The van der Waals surface area contributed by atoms with Gasteiger partial charge in [0.25, 0.3) is 5.56 Å². The Bertz CT molecular complexity index is 1850. The van der Waals surface area contributed by atoms with Crippen LogP contribution in [0.5, 0.6) is 11.5 Å². The van der Waals surface area contributed by atoms with Gasteiger partial charge < -0.3 is 14.3 Å². The second-order valence-electron chi connectivity index (χ2n) is 9.46. The number of aromatic nitrogens is 1. The number of fused-ring (bicyclic) bond motifs is 5. The van der Waals surface area contributed by atoms with Crippen molar-refractivity contribution in [3.05, 3.63) is 110 Å². The summed E-state index contributed by atoms with van der Waals surface area (Å²) >= 11 is 1.04. The minimum atomic E-state index is -0.687. The number of nitrogens with zero attached hydrogens (tertiary/aromatic N) is 1. The molecule has 0 saturated carbocycles. The molecule has 0 aliphatic heterocycles. The first-order valence-electron chi connectivity index (χ1n) is 12.3. The molecule has 0 atom stereocenters. The molecule has 0 amide bonds. The molecule has 0 bridgehead atoms. The third kappa shape index (κ3) is 3.82. The van der Waals surface area contributed by atoms with Crippen molar-refractivity contribution in [2.75, 3.05) is 7.11 Å². The van der Waals surface area contributed by atoms with E-state index in [1.807, 2.05) is 37.3 Å². The molecule has 2 aromatic heterocycles. The molecule has 0 saturated heterocycles. The zero-order valence-corrected chi connectivity index (χ0v) is 22.0. The van der Waals surface area contributed by atoms with Crippen LogP contribution in [-0.2, 0) is 12.8 Å². The molecular weight excluding hydrogens is 498 g/mol. The largest absolute Gasteiger partial charge is 0.505 e. The Hall–Kier alpha value is -4.23. The normalized spacial score (nSPS) is 12.3. The predicted molar refractivity (Wildman–Crippen MR) is 149 cm³/mol. The molecular formula is C31H25NO5S. The summed E-state index contributed by atoms with van der Waals surface area (Å²) in [5.41, 5.74) is 5.51. The van der Waals surface area contributed by atoms with Crippen LogP contribution in [0.2, 0.25) is 0 Å². The van der Waals surface area contributed by atoms with Crippen LogP contribution in [0, 0.1) is 13.8 Å². The first-order chi connectivity index (χ1) is 18.4. The van der Waals surface area contributed by atoms with Gasteiger partial charge in [0.2, 0.25) is 0 Å². The van der Waals surface area contributed by atoms with Crippen LogP contribution in [0.4, 0.5) is 0 Å². The van der Waals surface area contributed by atoms with Crippen molar-refractivity contribution in [3.8, 4) is 28.4 Å². The summed E-state index contributed by atoms with van der Waals surface area (Å²) < 4.78 is 12.8. The van der Waals surface area contributed by atoms with Crippen LogP contribution in [-0.4, -0.2) is 16.8 Å². The van der Waals surface area contributed by atoms with Gasteiger partial charge in [-0.3, -0.25) is 9.36 Å². The lowest BCUT2D eigenvalue weighted by atomic mass is 9.84. The van der Waals surface area contributed by atoms with Gasteiger partial charge in [-0.2, -0.15) is 0 Å². The molecule has 0 spiro atoms. The second kappa shape index (κ2) is 9.26. The highest BCUT2D eigenvalue weighted by Crippen LogP contribution is 2.43. The Labute approximate surface area is 223 Å². The van der Waals surface area contributed by atoms with Gasteiger partial charge in [0.1, 0.15) is 16.0 Å². The summed E-state index contributed by atoms with van der Waals surface area (Å²) in [6.45, 7) is 4.11. The Morgan fingerprint density at radius 3 is 2.47 bits per heavy atom. The van der Waals surface area contributed by atoms with E-state index in [0.717, 1.165) is 40.4 Å². The molecule has 0 radical (unpaired) electrons. The molecule has 1 aliphatic carbocycles. The van der Waals surface area contributed by atoms with Crippen LogP contribution in [0.15, 0.2) is 90.5 Å². The molecule has 6 nitrogen and oxygen atoms in total. The summed E-state index contributed by atoms with van der Waals surface area (Å²) in [5.74, 6) is 0.247. The fraction of sp³-hybridized carbons (Fsp3) is 0.161. The molecule has 190 valence electrons. The minimum Gasteiger partial charge on any atom is -0.505 e.